The summed E-state index contributed by atoms with van der Waals surface area (Å²) in [6.45, 7) is 0. The quantitative estimate of drug-likeness (QED) is 0.631. The van der Waals surface area contributed by atoms with Crippen LogP contribution < -0.4 is 0 Å². The summed E-state index contributed by atoms with van der Waals surface area (Å²) in [7, 11) is 0. The van der Waals surface area contributed by atoms with Crippen molar-refractivity contribution in [3.63, 3.8) is 0 Å². The summed E-state index contributed by atoms with van der Waals surface area (Å²) in [5, 5.41) is 19.1. The van der Waals surface area contributed by atoms with E-state index >= 15 is 0 Å². The molecule has 0 aromatic heterocycles. The zero-order valence-corrected chi connectivity index (χ0v) is 10.4. The minimum Gasteiger partial charge on any atom is -0.258 e. The molecule has 0 N–H and O–H groups in total. The van der Waals surface area contributed by atoms with Crippen LogP contribution in [0.4, 0.5) is 10.1 Å². The van der Waals surface area contributed by atoms with Crippen molar-refractivity contribution in [1.29, 1.82) is 5.26 Å². The normalized spacial score (nSPS) is 9.89. The molecule has 0 unspecified atom stereocenters. The van der Waals surface area contributed by atoms with Gasteiger partial charge >= 0.3 is 0 Å². The lowest BCUT2D eigenvalue weighted by molar-refractivity contribution is -0.384. The molecule has 0 fully saturated rings. The van der Waals surface area contributed by atoms with E-state index in [1.807, 2.05) is 0 Å². The van der Waals surface area contributed by atoms with Crippen molar-refractivity contribution in [2.24, 2.45) is 0 Å². The SMILES string of the molecule is N#Cc1ccc(Sc2ccc([N+](=O)[O-])cc2)cc1F. The highest BCUT2D eigenvalue weighted by Gasteiger charge is 2.07. The van der Waals surface area contributed by atoms with Crippen LogP contribution in [0.1, 0.15) is 5.56 Å². The molecule has 2 aromatic carbocycles. The first-order valence-corrected chi connectivity index (χ1v) is 6.04. The van der Waals surface area contributed by atoms with Gasteiger partial charge in [-0.25, -0.2) is 4.39 Å². The summed E-state index contributed by atoms with van der Waals surface area (Å²) in [6.07, 6.45) is 0. The molecule has 0 aliphatic heterocycles. The van der Waals surface area contributed by atoms with E-state index in [-0.39, 0.29) is 11.3 Å². The molecule has 2 aromatic rings. The highest BCUT2D eigenvalue weighted by atomic mass is 32.2. The van der Waals surface area contributed by atoms with E-state index in [0.717, 1.165) is 4.90 Å². The number of hydrogen-bond donors (Lipinski definition) is 0. The fourth-order valence-electron chi connectivity index (χ4n) is 1.42. The van der Waals surface area contributed by atoms with Gasteiger partial charge in [0.2, 0.25) is 0 Å². The molecule has 0 saturated carbocycles. The first-order valence-electron chi connectivity index (χ1n) is 5.22. The van der Waals surface area contributed by atoms with E-state index in [0.29, 0.717) is 4.90 Å². The topological polar surface area (TPSA) is 66.9 Å². The third-order valence-corrected chi connectivity index (χ3v) is 3.34. The van der Waals surface area contributed by atoms with Crippen molar-refractivity contribution in [1.82, 2.24) is 0 Å². The highest BCUT2D eigenvalue weighted by molar-refractivity contribution is 7.99. The van der Waals surface area contributed by atoms with Crippen molar-refractivity contribution < 1.29 is 9.31 Å². The van der Waals surface area contributed by atoms with E-state index in [1.54, 1.807) is 24.3 Å². The monoisotopic (exact) mass is 274 g/mol. The Hall–Kier alpha value is -2.39. The molecule has 0 spiro atoms. The lowest BCUT2D eigenvalue weighted by Crippen LogP contribution is -1.87. The van der Waals surface area contributed by atoms with Crippen molar-refractivity contribution in [3.8, 4) is 6.07 Å². The van der Waals surface area contributed by atoms with Crippen LogP contribution >= 0.6 is 11.8 Å². The van der Waals surface area contributed by atoms with E-state index in [1.165, 1.54) is 36.0 Å². The van der Waals surface area contributed by atoms with Gasteiger partial charge < -0.3 is 0 Å². The number of nitriles is 1. The summed E-state index contributed by atoms with van der Waals surface area (Å²) in [5.41, 5.74) is 0.00316. The zero-order chi connectivity index (χ0) is 13.8. The maximum atomic E-state index is 13.4. The Labute approximate surface area is 112 Å². The predicted octanol–water partition coefficient (Wildman–Crippen LogP) is 3.76. The van der Waals surface area contributed by atoms with E-state index in [9.17, 15) is 14.5 Å². The highest BCUT2D eigenvalue weighted by Crippen LogP contribution is 2.29. The molecule has 0 heterocycles. The van der Waals surface area contributed by atoms with Crippen molar-refractivity contribution >= 4 is 17.4 Å². The fourth-order valence-corrected chi connectivity index (χ4v) is 2.26. The summed E-state index contributed by atoms with van der Waals surface area (Å²) < 4.78 is 13.4. The maximum Gasteiger partial charge on any atom is 0.269 e. The van der Waals surface area contributed by atoms with Gasteiger partial charge in [0.25, 0.3) is 5.69 Å². The summed E-state index contributed by atoms with van der Waals surface area (Å²) >= 11 is 1.27. The molecule has 0 radical (unpaired) electrons. The first-order chi connectivity index (χ1) is 9.10. The number of nitro benzene ring substituents is 1. The minimum absolute atomic E-state index is 0.00644. The van der Waals surface area contributed by atoms with Gasteiger partial charge in [-0.15, -0.1) is 0 Å². The van der Waals surface area contributed by atoms with E-state index in [4.69, 9.17) is 5.26 Å². The van der Waals surface area contributed by atoms with Crippen LogP contribution in [0, 0.1) is 27.3 Å². The molecular formula is C13H7FN2O2S. The van der Waals surface area contributed by atoms with Crippen LogP contribution in [-0.2, 0) is 0 Å². The molecule has 0 atom stereocenters. The Morgan fingerprint density at radius 3 is 2.32 bits per heavy atom. The second kappa shape index (κ2) is 5.50. The average molecular weight is 274 g/mol. The molecular weight excluding hydrogens is 267 g/mol. The molecule has 0 aliphatic carbocycles. The van der Waals surface area contributed by atoms with Gasteiger partial charge in [-0.1, -0.05) is 11.8 Å². The third-order valence-electron chi connectivity index (χ3n) is 2.34. The van der Waals surface area contributed by atoms with Crippen LogP contribution in [0.5, 0.6) is 0 Å². The van der Waals surface area contributed by atoms with Crippen LogP contribution in [-0.4, -0.2) is 4.92 Å². The number of rotatable bonds is 3. The molecule has 0 amide bonds. The largest absolute Gasteiger partial charge is 0.269 e. The van der Waals surface area contributed by atoms with Crippen molar-refractivity contribution in [2.75, 3.05) is 0 Å². The van der Waals surface area contributed by atoms with Crippen LogP contribution in [0.2, 0.25) is 0 Å². The van der Waals surface area contributed by atoms with Gasteiger partial charge in [-0.2, -0.15) is 5.26 Å². The van der Waals surface area contributed by atoms with Crippen LogP contribution in [0.3, 0.4) is 0 Å². The lowest BCUT2D eigenvalue weighted by atomic mass is 10.2. The Kier molecular flexibility index (Phi) is 3.78. The second-order valence-electron chi connectivity index (χ2n) is 3.61. The Balaban J connectivity index is 2.19. The smallest absolute Gasteiger partial charge is 0.258 e. The number of nitro groups is 1. The minimum atomic E-state index is -0.575. The van der Waals surface area contributed by atoms with Gasteiger partial charge in [0, 0.05) is 21.9 Å². The fraction of sp³-hybridized carbons (Fsp3) is 0. The van der Waals surface area contributed by atoms with Gasteiger partial charge in [0.05, 0.1) is 10.5 Å². The van der Waals surface area contributed by atoms with E-state index in [2.05, 4.69) is 0 Å². The third kappa shape index (κ3) is 3.09. The van der Waals surface area contributed by atoms with Crippen molar-refractivity contribution in [3.05, 3.63) is 64.0 Å². The standard InChI is InChI=1S/C13H7FN2O2S/c14-13-7-12(4-1-9(13)8-15)19-11-5-2-10(3-6-11)16(17)18/h1-7H. The predicted molar refractivity (Wildman–Crippen MR) is 68.3 cm³/mol. The van der Waals surface area contributed by atoms with Gasteiger partial charge in [-0.05, 0) is 30.3 Å². The number of hydrogen-bond acceptors (Lipinski definition) is 4. The molecule has 94 valence electrons. The molecule has 2 rings (SSSR count). The molecule has 0 aliphatic rings. The van der Waals surface area contributed by atoms with Crippen molar-refractivity contribution in [2.45, 2.75) is 9.79 Å². The number of nitrogens with zero attached hydrogens (tertiary/aromatic N) is 2. The maximum absolute atomic E-state index is 13.4. The summed E-state index contributed by atoms with van der Waals surface area (Å²) in [5.74, 6) is -0.575. The number of halogens is 1. The molecule has 0 bridgehead atoms. The first kappa shape index (κ1) is 13.1. The summed E-state index contributed by atoms with van der Waals surface area (Å²) in [4.78, 5) is 11.4. The average Bonchev–Trinajstić information content (AvgIpc) is 2.39. The Morgan fingerprint density at radius 1 is 1.16 bits per heavy atom. The lowest BCUT2D eigenvalue weighted by Gasteiger charge is -2.02. The van der Waals surface area contributed by atoms with Crippen LogP contribution in [0.15, 0.2) is 52.3 Å². The number of benzene rings is 2. The Bertz CT molecular complexity index is 665. The van der Waals surface area contributed by atoms with Gasteiger partial charge in [0.15, 0.2) is 0 Å². The molecule has 19 heavy (non-hydrogen) atoms. The molecule has 0 saturated heterocycles. The summed E-state index contributed by atoms with van der Waals surface area (Å²) in [6, 6.07) is 12.0. The van der Waals surface area contributed by atoms with Crippen LogP contribution in [0.25, 0.3) is 0 Å². The molecule has 6 heteroatoms. The Morgan fingerprint density at radius 2 is 1.79 bits per heavy atom. The molecule has 4 nitrogen and oxygen atoms in total. The van der Waals surface area contributed by atoms with Gasteiger partial charge in [0.1, 0.15) is 11.9 Å². The van der Waals surface area contributed by atoms with E-state index < -0.39 is 10.7 Å². The second-order valence-corrected chi connectivity index (χ2v) is 4.75. The number of non-ortho nitro benzene ring substituents is 1. The zero-order valence-electron chi connectivity index (χ0n) is 9.54. The van der Waals surface area contributed by atoms with Gasteiger partial charge in [-0.3, -0.25) is 10.1 Å².